The first kappa shape index (κ1) is 10.2. The van der Waals surface area contributed by atoms with Gasteiger partial charge in [-0.25, -0.2) is 0 Å². The molecule has 4 heteroatoms. The van der Waals surface area contributed by atoms with Crippen LogP contribution in [0.25, 0.3) is 0 Å². The van der Waals surface area contributed by atoms with E-state index in [9.17, 15) is 0 Å². The van der Waals surface area contributed by atoms with E-state index in [0.717, 1.165) is 11.3 Å². The second-order valence-corrected chi connectivity index (χ2v) is 3.57. The molecule has 0 bridgehead atoms. The maximum atomic E-state index is 8.76. The standard InChI is InChI=1S/C12H12N4/c1-16-9-11(8-15-16)7-14-12-4-2-3-10(5-12)6-13/h2-5,8-9,14H,7H2,1H3. The molecule has 0 aliphatic rings. The summed E-state index contributed by atoms with van der Waals surface area (Å²) in [5.41, 5.74) is 2.73. The van der Waals surface area contributed by atoms with Gasteiger partial charge < -0.3 is 5.32 Å². The second kappa shape index (κ2) is 4.49. The molecular weight excluding hydrogens is 200 g/mol. The number of nitrogens with zero attached hydrogens (tertiary/aromatic N) is 3. The van der Waals surface area contributed by atoms with Gasteiger partial charge in [-0.1, -0.05) is 6.07 Å². The van der Waals surface area contributed by atoms with Gasteiger partial charge in [0.05, 0.1) is 17.8 Å². The quantitative estimate of drug-likeness (QED) is 0.845. The van der Waals surface area contributed by atoms with E-state index in [1.807, 2.05) is 37.6 Å². The molecular formula is C12H12N4. The lowest BCUT2D eigenvalue weighted by Gasteiger charge is -2.04. The van der Waals surface area contributed by atoms with Gasteiger partial charge in [0.15, 0.2) is 0 Å². The molecule has 0 atom stereocenters. The van der Waals surface area contributed by atoms with Crippen LogP contribution >= 0.6 is 0 Å². The number of nitrogens with one attached hydrogen (secondary N) is 1. The van der Waals surface area contributed by atoms with E-state index in [2.05, 4.69) is 16.5 Å². The molecule has 80 valence electrons. The molecule has 4 nitrogen and oxygen atoms in total. The number of aryl methyl sites for hydroxylation is 1. The summed E-state index contributed by atoms with van der Waals surface area (Å²) < 4.78 is 1.77. The minimum Gasteiger partial charge on any atom is -0.381 e. The summed E-state index contributed by atoms with van der Waals surface area (Å²) in [7, 11) is 1.89. The molecule has 1 N–H and O–H groups in total. The number of rotatable bonds is 3. The van der Waals surface area contributed by atoms with Gasteiger partial charge in [0, 0.05) is 31.0 Å². The van der Waals surface area contributed by atoms with Crippen LogP contribution in [0.3, 0.4) is 0 Å². The Morgan fingerprint density at radius 2 is 2.38 bits per heavy atom. The molecule has 0 saturated heterocycles. The predicted octanol–water partition coefficient (Wildman–Crippen LogP) is 1.90. The lowest BCUT2D eigenvalue weighted by Crippen LogP contribution is -1.98. The summed E-state index contributed by atoms with van der Waals surface area (Å²) in [6, 6.07) is 9.54. The molecule has 0 aliphatic heterocycles. The molecule has 0 unspecified atom stereocenters. The van der Waals surface area contributed by atoms with Gasteiger partial charge in [0.25, 0.3) is 0 Å². The number of benzene rings is 1. The van der Waals surface area contributed by atoms with Crippen molar-refractivity contribution in [3.8, 4) is 6.07 Å². The molecule has 0 saturated carbocycles. The van der Waals surface area contributed by atoms with Crippen molar-refractivity contribution in [1.29, 1.82) is 5.26 Å². The van der Waals surface area contributed by atoms with E-state index in [4.69, 9.17) is 5.26 Å². The fraction of sp³-hybridized carbons (Fsp3) is 0.167. The molecule has 0 fully saturated rings. The van der Waals surface area contributed by atoms with Crippen molar-refractivity contribution in [2.75, 3.05) is 5.32 Å². The number of aromatic nitrogens is 2. The predicted molar refractivity (Wildman–Crippen MR) is 61.7 cm³/mol. The average molecular weight is 212 g/mol. The Labute approximate surface area is 94.1 Å². The Balaban J connectivity index is 2.02. The maximum Gasteiger partial charge on any atom is 0.0992 e. The molecule has 0 spiro atoms. The van der Waals surface area contributed by atoms with Crippen LogP contribution in [0, 0.1) is 11.3 Å². The zero-order valence-corrected chi connectivity index (χ0v) is 9.01. The third kappa shape index (κ3) is 2.39. The van der Waals surface area contributed by atoms with Crippen molar-refractivity contribution in [3.63, 3.8) is 0 Å². The molecule has 0 aliphatic carbocycles. The van der Waals surface area contributed by atoms with E-state index in [1.165, 1.54) is 0 Å². The minimum atomic E-state index is 0.663. The third-order valence-corrected chi connectivity index (χ3v) is 2.25. The normalized spacial score (nSPS) is 9.75. The Hall–Kier alpha value is -2.28. The summed E-state index contributed by atoms with van der Waals surface area (Å²) in [5.74, 6) is 0. The Kier molecular flexibility index (Phi) is 2.88. The largest absolute Gasteiger partial charge is 0.381 e. The average Bonchev–Trinajstić information content (AvgIpc) is 2.73. The molecule has 0 radical (unpaired) electrons. The van der Waals surface area contributed by atoms with Crippen LogP contribution in [0.4, 0.5) is 5.69 Å². The monoisotopic (exact) mass is 212 g/mol. The molecule has 16 heavy (non-hydrogen) atoms. The topological polar surface area (TPSA) is 53.6 Å². The maximum absolute atomic E-state index is 8.76. The van der Waals surface area contributed by atoms with E-state index >= 15 is 0 Å². The van der Waals surface area contributed by atoms with Crippen molar-refractivity contribution in [2.24, 2.45) is 7.05 Å². The Morgan fingerprint density at radius 1 is 1.50 bits per heavy atom. The first-order chi connectivity index (χ1) is 7.78. The van der Waals surface area contributed by atoms with Gasteiger partial charge in [-0.3, -0.25) is 4.68 Å². The third-order valence-electron chi connectivity index (χ3n) is 2.25. The van der Waals surface area contributed by atoms with Crippen molar-refractivity contribution >= 4 is 5.69 Å². The van der Waals surface area contributed by atoms with Crippen LogP contribution in [-0.2, 0) is 13.6 Å². The SMILES string of the molecule is Cn1cc(CNc2cccc(C#N)c2)cn1. The van der Waals surface area contributed by atoms with Gasteiger partial charge in [-0.15, -0.1) is 0 Å². The van der Waals surface area contributed by atoms with E-state index in [-0.39, 0.29) is 0 Å². The second-order valence-electron chi connectivity index (χ2n) is 3.57. The number of hydrogen-bond donors (Lipinski definition) is 1. The van der Waals surface area contributed by atoms with E-state index < -0.39 is 0 Å². The van der Waals surface area contributed by atoms with Crippen molar-refractivity contribution < 1.29 is 0 Å². The van der Waals surface area contributed by atoms with Gasteiger partial charge in [-0.05, 0) is 18.2 Å². The van der Waals surface area contributed by atoms with Gasteiger partial charge in [0.1, 0.15) is 0 Å². The van der Waals surface area contributed by atoms with Crippen LogP contribution < -0.4 is 5.32 Å². The molecule has 0 amide bonds. The highest BCUT2D eigenvalue weighted by Crippen LogP contribution is 2.11. The zero-order valence-electron chi connectivity index (χ0n) is 9.01. The van der Waals surface area contributed by atoms with E-state index in [0.29, 0.717) is 12.1 Å². The minimum absolute atomic E-state index is 0.663. The fourth-order valence-electron chi connectivity index (χ4n) is 1.47. The van der Waals surface area contributed by atoms with Crippen molar-refractivity contribution in [1.82, 2.24) is 9.78 Å². The summed E-state index contributed by atoms with van der Waals surface area (Å²) in [6.07, 6.45) is 3.78. The highest BCUT2D eigenvalue weighted by atomic mass is 15.2. The molecule has 1 aromatic carbocycles. The van der Waals surface area contributed by atoms with Crippen LogP contribution in [0.1, 0.15) is 11.1 Å². The highest BCUT2D eigenvalue weighted by Gasteiger charge is 1.97. The number of hydrogen-bond acceptors (Lipinski definition) is 3. The van der Waals surface area contributed by atoms with Gasteiger partial charge >= 0.3 is 0 Å². The van der Waals surface area contributed by atoms with Gasteiger partial charge in [0.2, 0.25) is 0 Å². The molecule has 2 aromatic rings. The lowest BCUT2D eigenvalue weighted by atomic mass is 10.2. The summed E-state index contributed by atoms with van der Waals surface area (Å²) in [6.45, 7) is 0.711. The first-order valence-corrected chi connectivity index (χ1v) is 4.99. The van der Waals surface area contributed by atoms with Crippen molar-refractivity contribution in [2.45, 2.75) is 6.54 Å². The van der Waals surface area contributed by atoms with Crippen LogP contribution in [-0.4, -0.2) is 9.78 Å². The van der Waals surface area contributed by atoms with Crippen LogP contribution in [0.2, 0.25) is 0 Å². The zero-order chi connectivity index (χ0) is 11.4. The molecule has 1 aromatic heterocycles. The lowest BCUT2D eigenvalue weighted by molar-refractivity contribution is 0.767. The number of anilines is 1. The summed E-state index contributed by atoms with van der Waals surface area (Å²) in [5, 5.41) is 16.1. The van der Waals surface area contributed by atoms with Crippen LogP contribution in [0.15, 0.2) is 36.7 Å². The highest BCUT2D eigenvalue weighted by molar-refractivity contribution is 5.49. The van der Waals surface area contributed by atoms with Crippen molar-refractivity contribution in [3.05, 3.63) is 47.8 Å². The Bertz CT molecular complexity index is 522. The number of nitriles is 1. The fourth-order valence-corrected chi connectivity index (χ4v) is 1.47. The Morgan fingerprint density at radius 3 is 3.06 bits per heavy atom. The smallest absolute Gasteiger partial charge is 0.0992 e. The summed E-state index contributed by atoms with van der Waals surface area (Å²) >= 11 is 0. The van der Waals surface area contributed by atoms with Gasteiger partial charge in [-0.2, -0.15) is 10.4 Å². The van der Waals surface area contributed by atoms with E-state index in [1.54, 1.807) is 10.7 Å². The summed E-state index contributed by atoms with van der Waals surface area (Å²) in [4.78, 5) is 0. The first-order valence-electron chi connectivity index (χ1n) is 4.99. The van der Waals surface area contributed by atoms with Crippen LogP contribution in [0.5, 0.6) is 0 Å². The molecule has 1 heterocycles. The molecule has 2 rings (SSSR count).